The van der Waals surface area contributed by atoms with Gasteiger partial charge in [0, 0.05) is 35.7 Å². The number of aromatic amines is 1. The van der Waals surface area contributed by atoms with E-state index in [0.29, 0.717) is 12.6 Å². The molecule has 0 saturated heterocycles. The summed E-state index contributed by atoms with van der Waals surface area (Å²) in [5, 5.41) is 13.3. The van der Waals surface area contributed by atoms with Crippen molar-refractivity contribution in [2.45, 2.75) is 25.4 Å². The topological polar surface area (TPSA) is 68.4 Å². The third-order valence-corrected chi connectivity index (χ3v) is 5.27. The molecule has 3 atom stereocenters. The molecule has 1 aromatic carbocycles. The molecule has 1 aliphatic carbocycles. The van der Waals surface area contributed by atoms with Crippen molar-refractivity contribution in [2.24, 2.45) is 5.92 Å². The highest BCUT2D eigenvalue weighted by Gasteiger charge is 2.35. The van der Waals surface area contributed by atoms with Gasteiger partial charge >= 0.3 is 0 Å². The van der Waals surface area contributed by atoms with Crippen LogP contribution < -0.4 is 5.32 Å². The first-order valence-electron chi connectivity index (χ1n) is 8.51. The second kappa shape index (κ2) is 5.76. The van der Waals surface area contributed by atoms with Crippen LogP contribution in [-0.2, 0) is 11.2 Å². The van der Waals surface area contributed by atoms with Crippen LogP contribution in [0.1, 0.15) is 18.1 Å². The number of amides is 1. The van der Waals surface area contributed by atoms with Crippen molar-refractivity contribution in [3.05, 3.63) is 41.6 Å². The van der Waals surface area contributed by atoms with Crippen LogP contribution in [0.5, 0.6) is 0 Å². The van der Waals surface area contributed by atoms with Gasteiger partial charge in [-0.1, -0.05) is 18.2 Å². The van der Waals surface area contributed by atoms with Gasteiger partial charge in [0.1, 0.15) is 0 Å². The van der Waals surface area contributed by atoms with Crippen LogP contribution in [0, 0.1) is 5.92 Å². The molecule has 2 heterocycles. The fraction of sp³-hybridized carbons (Fsp3) is 0.421. The predicted molar refractivity (Wildman–Crippen MR) is 94.6 cm³/mol. The number of aliphatic hydroxyl groups is 1. The molecule has 0 spiro atoms. The molecule has 4 rings (SSSR count). The highest BCUT2D eigenvalue weighted by Crippen LogP contribution is 2.40. The normalized spacial score (nSPS) is 24.4. The number of carbonyl (C=O) groups is 1. The van der Waals surface area contributed by atoms with E-state index in [1.165, 1.54) is 22.1 Å². The molecule has 0 radical (unpaired) electrons. The Balaban J connectivity index is 1.75. The molecule has 1 aromatic heterocycles. The molecule has 126 valence electrons. The lowest BCUT2D eigenvalue weighted by atomic mass is 9.80. The third-order valence-electron chi connectivity index (χ3n) is 5.27. The number of likely N-dealkylation sites (N-methyl/N-ethyl adjacent to an activating group) is 1. The smallest absolute Gasteiger partial charge is 0.228 e. The van der Waals surface area contributed by atoms with Crippen LogP contribution in [0.15, 0.2) is 30.5 Å². The first-order chi connectivity index (χ1) is 11.6. The number of H-pyrrole nitrogens is 1. The van der Waals surface area contributed by atoms with Gasteiger partial charge in [-0.25, -0.2) is 0 Å². The van der Waals surface area contributed by atoms with E-state index in [2.05, 4.69) is 52.7 Å². The van der Waals surface area contributed by atoms with E-state index >= 15 is 0 Å². The van der Waals surface area contributed by atoms with Gasteiger partial charge in [0.05, 0.1) is 12.5 Å². The summed E-state index contributed by atoms with van der Waals surface area (Å²) in [5.74, 6) is -0.201. The van der Waals surface area contributed by atoms with Gasteiger partial charge in [-0.15, -0.1) is 0 Å². The number of benzene rings is 1. The zero-order valence-corrected chi connectivity index (χ0v) is 14.0. The second-order valence-electron chi connectivity index (χ2n) is 7.02. The van der Waals surface area contributed by atoms with Crippen LogP contribution in [0.3, 0.4) is 0 Å². The Bertz CT molecular complexity index is 823. The Labute approximate surface area is 141 Å². The molecule has 24 heavy (non-hydrogen) atoms. The number of nitrogens with one attached hydrogen (secondary N) is 2. The molecule has 0 bridgehead atoms. The number of aliphatic hydroxyl groups excluding tert-OH is 1. The van der Waals surface area contributed by atoms with Crippen LogP contribution in [0.4, 0.5) is 0 Å². The average Bonchev–Trinajstić information content (AvgIpc) is 3.00. The van der Waals surface area contributed by atoms with Crippen LogP contribution in [0.2, 0.25) is 0 Å². The van der Waals surface area contributed by atoms with Crippen molar-refractivity contribution >= 4 is 22.4 Å². The fourth-order valence-corrected chi connectivity index (χ4v) is 4.01. The van der Waals surface area contributed by atoms with Gasteiger partial charge in [0.2, 0.25) is 5.91 Å². The number of aromatic nitrogens is 1. The van der Waals surface area contributed by atoms with E-state index in [1.807, 2.05) is 6.92 Å². The van der Waals surface area contributed by atoms with Crippen molar-refractivity contribution in [1.29, 1.82) is 0 Å². The number of nitrogens with zero attached hydrogens (tertiary/aromatic N) is 1. The number of rotatable bonds is 3. The molecule has 1 amide bonds. The summed E-state index contributed by atoms with van der Waals surface area (Å²) in [6.45, 7) is 2.47. The summed E-state index contributed by atoms with van der Waals surface area (Å²) in [4.78, 5) is 18.2. The highest BCUT2D eigenvalue weighted by molar-refractivity contribution is 5.99. The number of carbonyl (C=O) groups excluding carboxylic acids is 1. The molecule has 0 saturated carbocycles. The van der Waals surface area contributed by atoms with Gasteiger partial charge in [-0.3, -0.25) is 9.69 Å². The Morgan fingerprint density at radius 3 is 3.12 bits per heavy atom. The van der Waals surface area contributed by atoms with E-state index < -0.39 is 0 Å². The summed E-state index contributed by atoms with van der Waals surface area (Å²) in [7, 11) is 2.09. The molecule has 0 fully saturated rings. The minimum atomic E-state index is -0.218. The average molecular weight is 325 g/mol. The van der Waals surface area contributed by atoms with Crippen molar-refractivity contribution in [3.63, 3.8) is 0 Å². The predicted octanol–water partition coefficient (Wildman–Crippen LogP) is 1.53. The van der Waals surface area contributed by atoms with Gasteiger partial charge in [0.15, 0.2) is 0 Å². The Hall–Kier alpha value is -2.11. The lowest BCUT2D eigenvalue weighted by molar-refractivity contribution is -0.125. The summed E-state index contributed by atoms with van der Waals surface area (Å²) in [6.07, 6.45) is 5.22. The molecule has 5 heteroatoms. The summed E-state index contributed by atoms with van der Waals surface area (Å²) in [5.41, 5.74) is 4.99. The van der Waals surface area contributed by atoms with Crippen molar-refractivity contribution < 1.29 is 9.90 Å². The summed E-state index contributed by atoms with van der Waals surface area (Å²) < 4.78 is 0. The maximum absolute atomic E-state index is 12.5. The first-order valence-corrected chi connectivity index (χ1v) is 8.51. The van der Waals surface area contributed by atoms with E-state index in [9.17, 15) is 4.79 Å². The molecule has 1 aliphatic heterocycles. The van der Waals surface area contributed by atoms with Crippen molar-refractivity contribution in [3.8, 4) is 0 Å². The summed E-state index contributed by atoms with van der Waals surface area (Å²) in [6, 6.07) is 6.42. The van der Waals surface area contributed by atoms with Gasteiger partial charge in [-0.05, 0) is 43.2 Å². The van der Waals surface area contributed by atoms with E-state index in [1.54, 1.807) is 0 Å². The maximum Gasteiger partial charge on any atom is 0.228 e. The molecule has 1 unspecified atom stereocenters. The van der Waals surface area contributed by atoms with Crippen LogP contribution >= 0.6 is 0 Å². The SMILES string of the molecule is C[C@@H](CO)NC(=O)C1C=C2c3cccc4[nH]cc(c34)C[C@H]2N(C)C1. The summed E-state index contributed by atoms with van der Waals surface area (Å²) >= 11 is 0. The van der Waals surface area contributed by atoms with Gasteiger partial charge in [-0.2, -0.15) is 0 Å². The van der Waals surface area contributed by atoms with Crippen LogP contribution in [0.25, 0.3) is 16.5 Å². The first kappa shape index (κ1) is 15.4. The Morgan fingerprint density at radius 2 is 2.33 bits per heavy atom. The zero-order valence-electron chi connectivity index (χ0n) is 14.0. The molecular weight excluding hydrogens is 302 g/mol. The van der Waals surface area contributed by atoms with Crippen molar-refractivity contribution in [2.75, 3.05) is 20.2 Å². The number of hydrogen-bond donors (Lipinski definition) is 3. The Kier molecular flexibility index (Phi) is 3.70. The molecule has 2 aromatic rings. The quantitative estimate of drug-likeness (QED) is 0.802. The number of fused-ring (bicyclic) bond motifs is 2. The second-order valence-corrected chi connectivity index (χ2v) is 7.02. The van der Waals surface area contributed by atoms with E-state index in [-0.39, 0.29) is 24.5 Å². The molecule has 5 nitrogen and oxygen atoms in total. The standard InChI is InChI=1S/C19H23N3O2/c1-11(10-23)21-19(24)13-6-15-14-4-3-5-16-18(14)12(8-20-16)7-17(15)22(2)9-13/h3-6,8,11,13,17,20,23H,7,9-10H2,1-2H3,(H,21,24)/t11-,13?,17+/m0/s1. The lowest BCUT2D eigenvalue weighted by Gasteiger charge is -2.39. The monoisotopic (exact) mass is 325 g/mol. The highest BCUT2D eigenvalue weighted by atomic mass is 16.3. The lowest BCUT2D eigenvalue weighted by Crippen LogP contribution is -2.48. The van der Waals surface area contributed by atoms with Crippen molar-refractivity contribution in [1.82, 2.24) is 15.2 Å². The molecule has 2 aliphatic rings. The molecule has 3 N–H and O–H groups in total. The van der Waals surface area contributed by atoms with E-state index in [4.69, 9.17) is 5.11 Å². The zero-order chi connectivity index (χ0) is 16.8. The third kappa shape index (κ3) is 2.36. The maximum atomic E-state index is 12.5. The minimum Gasteiger partial charge on any atom is -0.394 e. The van der Waals surface area contributed by atoms with Gasteiger partial charge < -0.3 is 15.4 Å². The Morgan fingerprint density at radius 1 is 1.50 bits per heavy atom. The minimum absolute atomic E-state index is 0.0126. The fourth-order valence-electron chi connectivity index (χ4n) is 4.01. The number of hydrogen-bond acceptors (Lipinski definition) is 3. The van der Waals surface area contributed by atoms with Gasteiger partial charge in [0.25, 0.3) is 0 Å². The van der Waals surface area contributed by atoms with Crippen LogP contribution in [-0.4, -0.2) is 53.2 Å². The molecular formula is C19H23N3O2. The largest absolute Gasteiger partial charge is 0.394 e. The van der Waals surface area contributed by atoms with E-state index in [0.717, 1.165) is 11.9 Å².